The van der Waals surface area contributed by atoms with Crippen LogP contribution in [0, 0.1) is 12.8 Å². The van der Waals surface area contributed by atoms with E-state index in [1.165, 1.54) is 0 Å². The third kappa shape index (κ3) is 2.88. The lowest BCUT2D eigenvalue weighted by atomic mass is 10.1. The highest BCUT2D eigenvalue weighted by Gasteiger charge is 2.12. The smallest absolute Gasteiger partial charge is 0.236 e. The maximum Gasteiger partial charge on any atom is 0.236 e. The standard InChI is InChI=1S/C11H21N3O/c1-5-14-11(10(12)9(4)13-14)15-7-6-8(2)3/h8H,5-7,12H2,1-4H3. The van der Waals surface area contributed by atoms with Crippen molar-refractivity contribution in [3.63, 3.8) is 0 Å². The van der Waals surface area contributed by atoms with E-state index in [4.69, 9.17) is 10.5 Å². The summed E-state index contributed by atoms with van der Waals surface area (Å²) in [6.07, 6.45) is 1.04. The monoisotopic (exact) mass is 211 g/mol. The van der Waals surface area contributed by atoms with Gasteiger partial charge in [-0.1, -0.05) is 13.8 Å². The fraction of sp³-hybridized carbons (Fsp3) is 0.727. The predicted molar refractivity (Wildman–Crippen MR) is 62.0 cm³/mol. The highest BCUT2D eigenvalue weighted by atomic mass is 16.5. The number of rotatable bonds is 5. The first-order valence-electron chi connectivity index (χ1n) is 5.51. The van der Waals surface area contributed by atoms with Gasteiger partial charge in [0.1, 0.15) is 5.69 Å². The van der Waals surface area contributed by atoms with E-state index in [-0.39, 0.29) is 0 Å². The van der Waals surface area contributed by atoms with E-state index >= 15 is 0 Å². The summed E-state index contributed by atoms with van der Waals surface area (Å²) in [6, 6.07) is 0. The molecule has 0 saturated heterocycles. The number of nitrogens with two attached hydrogens (primary N) is 1. The highest BCUT2D eigenvalue weighted by molar-refractivity contribution is 5.52. The van der Waals surface area contributed by atoms with Gasteiger partial charge >= 0.3 is 0 Å². The molecular formula is C11H21N3O. The second kappa shape index (κ2) is 5.05. The van der Waals surface area contributed by atoms with E-state index in [1.54, 1.807) is 0 Å². The van der Waals surface area contributed by atoms with Crippen molar-refractivity contribution in [2.45, 2.75) is 40.7 Å². The first-order valence-corrected chi connectivity index (χ1v) is 5.51. The van der Waals surface area contributed by atoms with Gasteiger partial charge in [0.25, 0.3) is 0 Å². The molecule has 0 spiro atoms. The number of hydrogen-bond acceptors (Lipinski definition) is 3. The Bertz CT molecular complexity index is 318. The second-order valence-electron chi connectivity index (χ2n) is 4.15. The maximum atomic E-state index is 5.89. The van der Waals surface area contributed by atoms with Gasteiger partial charge in [0.05, 0.1) is 12.3 Å². The van der Waals surface area contributed by atoms with Crippen LogP contribution in [0.4, 0.5) is 5.69 Å². The molecule has 0 aromatic carbocycles. The molecule has 0 aliphatic heterocycles. The molecule has 15 heavy (non-hydrogen) atoms. The van der Waals surface area contributed by atoms with E-state index in [0.29, 0.717) is 18.2 Å². The molecule has 0 fully saturated rings. The Morgan fingerprint density at radius 1 is 1.47 bits per heavy atom. The van der Waals surface area contributed by atoms with Crippen LogP contribution in [0.2, 0.25) is 0 Å². The molecule has 1 rings (SSSR count). The van der Waals surface area contributed by atoms with Crippen LogP contribution >= 0.6 is 0 Å². The lowest BCUT2D eigenvalue weighted by Gasteiger charge is -2.09. The Labute approximate surface area is 91.4 Å². The molecule has 86 valence electrons. The third-order valence-electron chi connectivity index (χ3n) is 2.36. The van der Waals surface area contributed by atoms with Gasteiger partial charge in [0.2, 0.25) is 5.88 Å². The fourth-order valence-corrected chi connectivity index (χ4v) is 1.33. The maximum absolute atomic E-state index is 5.89. The van der Waals surface area contributed by atoms with Crippen LogP contribution in [-0.2, 0) is 6.54 Å². The van der Waals surface area contributed by atoms with Crippen molar-refractivity contribution in [3.05, 3.63) is 5.69 Å². The molecule has 0 aliphatic carbocycles. The predicted octanol–water partition coefficient (Wildman–Crippen LogP) is 2.22. The minimum absolute atomic E-state index is 0.644. The molecule has 4 heteroatoms. The Hall–Kier alpha value is -1.19. The second-order valence-corrected chi connectivity index (χ2v) is 4.15. The van der Waals surface area contributed by atoms with Crippen LogP contribution in [-0.4, -0.2) is 16.4 Å². The number of aryl methyl sites for hydroxylation is 2. The SMILES string of the molecule is CCn1nc(C)c(N)c1OCCC(C)C. The first kappa shape index (κ1) is 11.9. The minimum Gasteiger partial charge on any atom is -0.476 e. The molecule has 0 amide bonds. The van der Waals surface area contributed by atoms with Gasteiger partial charge in [-0.15, -0.1) is 0 Å². The number of nitrogens with zero attached hydrogens (tertiary/aromatic N) is 2. The van der Waals surface area contributed by atoms with Crippen molar-refractivity contribution in [2.24, 2.45) is 5.92 Å². The average molecular weight is 211 g/mol. The van der Waals surface area contributed by atoms with Crippen molar-refractivity contribution in [2.75, 3.05) is 12.3 Å². The van der Waals surface area contributed by atoms with Crippen LogP contribution in [0.1, 0.15) is 32.9 Å². The molecule has 2 N–H and O–H groups in total. The van der Waals surface area contributed by atoms with E-state index < -0.39 is 0 Å². The summed E-state index contributed by atoms with van der Waals surface area (Å²) >= 11 is 0. The summed E-state index contributed by atoms with van der Waals surface area (Å²) in [5.74, 6) is 1.36. The Balaban J connectivity index is 2.66. The van der Waals surface area contributed by atoms with Gasteiger partial charge in [-0.2, -0.15) is 5.10 Å². The number of hydrogen-bond donors (Lipinski definition) is 1. The van der Waals surface area contributed by atoms with Gasteiger partial charge in [0, 0.05) is 6.54 Å². The molecule has 1 aromatic rings. The molecule has 0 atom stereocenters. The van der Waals surface area contributed by atoms with Gasteiger partial charge in [-0.3, -0.25) is 0 Å². The lowest BCUT2D eigenvalue weighted by Crippen LogP contribution is -2.07. The fourth-order valence-electron chi connectivity index (χ4n) is 1.33. The molecule has 0 bridgehead atoms. The zero-order valence-electron chi connectivity index (χ0n) is 10.1. The molecular weight excluding hydrogens is 190 g/mol. The number of aromatic nitrogens is 2. The molecule has 0 aliphatic rings. The normalized spacial score (nSPS) is 11.0. The molecule has 1 heterocycles. The van der Waals surface area contributed by atoms with Gasteiger partial charge in [-0.25, -0.2) is 4.68 Å². The summed E-state index contributed by atoms with van der Waals surface area (Å²) in [4.78, 5) is 0. The van der Waals surface area contributed by atoms with E-state index in [9.17, 15) is 0 Å². The van der Waals surface area contributed by atoms with E-state index in [0.717, 1.165) is 24.5 Å². The van der Waals surface area contributed by atoms with Gasteiger partial charge < -0.3 is 10.5 Å². The van der Waals surface area contributed by atoms with Gasteiger partial charge in [-0.05, 0) is 26.2 Å². The molecule has 1 aromatic heterocycles. The quantitative estimate of drug-likeness (QED) is 0.812. The molecule has 0 saturated carbocycles. The van der Waals surface area contributed by atoms with Crippen molar-refractivity contribution in [3.8, 4) is 5.88 Å². The topological polar surface area (TPSA) is 53.1 Å². The molecule has 0 unspecified atom stereocenters. The summed E-state index contributed by atoms with van der Waals surface area (Å²) in [5, 5.41) is 4.29. The first-order chi connectivity index (χ1) is 7.06. The zero-order chi connectivity index (χ0) is 11.4. The summed E-state index contributed by atoms with van der Waals surface area (Å²) in [5.41, 5.74) is 7.40. The third-order valence-corrected chi connectivity index (χ3v) is 2.36. The Morgan fingerprint density at radius 2 is 2.13 bits per heavy atom. The molecule has 0 radical (unpaired) electrons. The number of nitrogen functional groups attached to an aromatic ring is 1. The Kier molecular flexibility index (Phi) is 4.00. The van der Waals surface area contributed by atoms with Crippen LogP contribution in [0.25, 0.3) is 0 Å². The average Bonchev–Trinajstić information content (AvgIpc) is 2.44. The van der Waals surface area contributed by atoms with Crippen molar-refractivity contribution < 1.29 is 4.74 Å². The summed E-state index contributed by atoms with van der Waals surface area (Å²) in [6.45, 7) is 9.77. The van der Waals surface area contributed by atoms with Crippen molar-refractivity contribution in [1.29, 1.82) is 0 Å². The van der Waals surface area contributed by atoms with Crippen LogP contribution in [0.15, 0.2) is 0 Å². The van der Waals surface area contributed by atoms with E-state index in [1.807, 2.05) is 18.5 Å². The largest absolute Gasteiger partial charge is 0.476 e. The highest BCUT2D eigenvalue weighted by Crippen LogP contribution is 2.24. The molecule has 4 nitrogen and oxygen atoms in total. The van der Waals surface area contributed by atoms with E-state index in [2.05, 4.69) is 18.9 Å². The van der Waals surface area contributed by atoms with Crippen molar-refractivity contribution in [1.82, 2.24) is 9.78 Å². The zero-order valence-corrected chi connectivity index (χ0v) is 10.1. The number of ether oxygens (including phenoxy) is 1. The van der Waals surface area contributed by atoms with Crippen LogP contribution in [0.5, 0.6) is 5.88 Å². The minimum atomic E-state index is 0.644. The van der Waals surface area contributed by atoms with Crippen molar-refractivity contribution >= 4 is 5.69 Å². The van der Waals surface area contributed by atoms with Crippen LogP contribution in [0.3, 0.4) is 0 Å². The summed E-state index contributed by atoms with van der Waals surface area (Å²) < 4.78 is 7.48. The summed E-state index contributed by atoms with van der Waals surface area (Å²) in [7, 11) is 0. The lowest BCUT2D eigenvalue weighted by molar-refractivity contribution is 0.264. The Morgan fingerprint density at radius 3 is 2.67 bits per heavy atom. The van der Waals surface area contributed by atoms with Gasteiger partial charge in [0.15, 0.2) is 0 Å². The number of anilines is 1. The van der Waals surface area contributed by atoms with Crippen LogP contribution < -0.4 is 10.5 Å².